The molecule has 1 saturated heterocycles. The number of aromatic carboxylic acids is 1. The fourth-order valence-corrected chi connectivity index (χ4v) is 2.47. The van der Waals surface area contributed by atoms with Crippen LogP contribution in [0.25, 0.3) is 0 Å². The summed E-state index contributed by atoms with van der Waals surface area (Å²) in [5, 5.41) is 8.96. The number of pyridine rings is 1. The monoisotopic (exact) mass is 320 g/mol. The lowest BCUT2D eigenvalue weighted by Crippen LogP contribution is -2.43. The Balaban J connectivity index is 2.19. The van der Waals surface area contributed by atoms with Crippen molar-refractivity contribution in [1.29, 1.82) is 0 Å². The van der Waals surface area contributed by atoms with Crippen molar-refractivity contribution >= 4 is 17.8 Å². The summed E-state index contributed by atoms with van der Waals surface area (Å²) < 4.78 is 5.36. The molecule has 1 aliphatic rings. The molecule has 2 rings (SSSR count). The fraction of sp³-hybridized carbons (Fsp3) is 0.500. The van der Waals surface area contributed by atoms with Gasteiger partial charge in [-0.2, -0.15) is 0 Å². The van der Waals surface area contributed by atoms with Crippen LogP contribution < -0.4 is 0 Å². The molecule has 1 atom stereocenters. The lowest BCUT2D eigenvalue weighted by molar-refractivity contribution is -0.159. The molecular weight excluding hydrogens is 300 g/mol. The minimum atomic E-state index is -1.20. The molecular formula is C16H20N2O5. The first-order valence-corrected chi connectivity index (χ1v) is 7.42. The maximum atomic E-state index is 12.6. The summed E-state index contributed by atoms with van der Waals surface area (Å²) in [6.45, 7) is 5.75. The number of amides is 1. The molecule has 1 aromatic heterocycles. The van der Waals surface area contributed by atoms with Gasteiger partial charge < -0.3 is 14.7 Å². The zero-order valence-corrected chi connectivity index (χ0v) is 13.4. The maximum absolute atomic E-state index is 12.6. The molecule has 1 aromatic rings. The Morgan fingerprint density at radius 3 is 2.65 bits per heavy atom. The number of hydrogen-bond acceptors (Lipinski definition) is 5. The van der Waals surface area contributed by atoms with Gasteiger partial charge in [-0.3, -0.25) is 4.79 Å². The van der Waals surface area contributed by atoms with E-state index in [9.17, 15) is 14.4 Å². The maximum Gasteiger partial charge on any atom is 0.354 e. The molecule has 7 nitrogen and oxygen atoms in total. The normalized spacial score (nSPS) is 17.9. The molecule has 0 spiro atoms. The van der Waals surface area contributed by atoms with E-state index in [2.05, 4.69) is 4.98 Å². The predicted molar refractivity (Wildman–Crippen MR) is 81.1 cm³/mol. The van der Waals surface area contributed by atoms with E-state index in [0.717, 1.165) is 0 Å². The van der Waals surface area contributed by atoms with Crippen LogP contribution >= 0.6 is 0 Å². The second kappa shape index (κ2) is 6.36. The van der Waals surface area contributed by atoms with E-state index >= 15 is 0 Å². The van der Waals surface area contributed by atoms with E-state index < -0.39 is 23.6 Å². The number of rotatable bonds is 3. The highest BCUT2D eigenvalue weighted by atomic mass is 16.6. The van der Waals surface area contributed by atoms with Gasteiger partial charge in [0.2, 0.25) is 0 Å². The molecule has 1 fully saturated rings. The molecule has 0 aromatic carbocycles. The molecule has 2 heterocycles. The third-order valence-corrected chi connectivity index (χ3v) is 3.42. The van der Waals surface area contributed by atoms with E-state index in [0.29, 0.717) is 19.4 Å². The highest BCUT2D eigenvalue weighted by Gasteiger charge is 2.37. The highest BCUT2D eigenvalue weighted by Crippen LogP contribution is 2.23. The first-order chi connectivity index (χ1) is 10.7. The highest BCUT2D eigenvalue weighted by molar-refractivity contribution is 5.98. The average molecular weight is 320 g/mol. The van der Waals surface area contributed by atoms with Gasteiger partial charge in [0.15, 0.2) is 0 Å². The Morgan fingerprint density at radius 2 is 2.04 bits per heavy atom. The first kappa shape index (κ1) is 16.9. The number of hydrogen-bond donors (Lipinski definition) is 1. The number of nitrogens with zero attached hydrogens (tertiary/aromatic N) is 2. The lowest BCUT2D eigenvalue weighted by atomic mass is 10.1. The number of carboxylic acid groups (broad SMARTS) is 1. The van der Waals surface area contributed by atoms with Gasteiger partial charge >= 0.3 is 11.9 Å². The average Bonchev–Trinajstić information content (AvgIpc) is 2.94. The molecule has 124 valence electrons. The molecule has 0 saturated carbocycles. The summed E-state index contributed by atoms with van der Waals surface area (Å²) in [5.74, 6) is -2.02. The summed E-state index contributed by atoms with van der Waals surface area (Å²) in [7, 11) is 0. The van der Waals surface area contributed by atoms with E-state index in [1.807, 2.05) is 0 Å². The quantitative estimate of drug-likeness (QED) is 0.852. The van der Waals surface area contributed by atoms with Crippen LogP contribution in [-0.4, -0.2) is 51.0 Å². The second-order valence-electron chi connectivity index (χ2n) is 6.42. The standard InChI is InChI=1S/C16H20N2O5/c1-16(2,3)23-15(22)12-5-4-8-18(12)13(19)10-6-7-17-11(9-10)14(20)21/h6-7,9,12H,4-5,8H2,1-3H3,(H,20,21). The Labute approximate surface area is 134 Å². The van der Waals surface area contributed by atoms with Gasteiger partial charge in [0.05, 0.1) is 0 Å². The van der Waals surface area contributed by atoms with Crippen molar-refractivity contribution in [1.82, 2.24) is 9.88 Å². The van der Waals surface area contributed by atoms with E-state index in [1.54, 1.807) is 20.8 Å². The largest absolute Gasteiger partial charge is 0.477 e. The number of carbonyl (C=O) groups excluding carboxylic acids is 2. The van der Waals surface area contributed by atoms with Crippen molar-refractivity contribution in [2.24, 2.45) is 0 Å². The number of carbonyl (C=O) groups is 3. The number of likely N-dealkylation sites (tertiary alicyclic amines) is 1. The Hall–Kier alpha value is -2.44. The van der Waals surface area contributed by atoms with Crippen LogP contribution in [0.1, 0.15) is 54.5 Å². The van der Waals surface area contributed by atoms with Gasteiger partial charge in [0.25, 0.3) is 5.91 Å². The predicted octanol–water partition coefficient (Wildman–Crippen LogP) is 1.73. The summed E-state index contributed by atoms with van der Waals surface area (Å²) >= 11 is 0. The third-order valence-electron chi connectivity index (χ3n) is 3.42. The molecule has 23 heavy (non-hydrogen) atoms. The molecule has 1 unspecified atom stereocenters. The van der Waals surface area contributed by atoms with E-state index in [4.69, 9.17) is 9.84 Å². The van der Waals surface area contributed by atoms with Crippen LogP contribution in [0, 0.1) is 0 Å². The smallest absolute Gasteiger partial charge is 0.354 e. The minimum Gasteiger partial charge on any atom is -0.477 e. The second-order valence-corrected chi connectivity index (χ2v) is 6.42. The van der Waals surface area contributed by atoms with Crippen molar-refractivity contribution in [3.8, 4) is 0 Å². The number of esters is 1. The van der Waals surface area contributed by atoms with Gasteiger partial charge in [-0.25, -0.2) is 14.6 Å². The van der Waals surface area contributed by atoms with Crippen LogP contribution in [0.15, 0.2) is 18.3 Å². The molecule has 7 heteroatoms. The van der Waals surface area contributed by atoms with Gasteiger partial charge in [-0.15, -0.1) is 0 Å². The van der Waals surface area contributed by atoms with Crippen molar-refractivity contribution in [2.75, 3.05) is 6.54 Å². The number of carboxylic acids is 1. The van der Waals surface area contributed by atoms with Gasteiger partial charge in [-0.05, 0) is 45.7 Å². The molecule has 0 aliphatic carbocycles. The third kappa shape index (κ3) is 4.06. The van der Waals surface area contributed by atoms with Gasteiger partial charge in [0, 0.05) is 18.3 Å². The first-order valence-electron chi connectivity index (χ1n) is 7.42. The summed E-state index contributed by atoms with van der Waals surface area (Å²) in [6.07, 6.45) is 2.51. The Morgan fingerprint density at radius 1 is 1.35 bits per heavy atom. The fourth-order valence-electron chi connectivity index (χ4n) is 2.47. The van der Waals surface area contributed by atoms with Crippen molar-refractivity contribution < 1.29 is 24.2 Å². The Bertz CT molecular complexity index is 636. The van der Waals surface area contributed by atoms with Crippen LogP contribution in [0.4, 0.5) is 0 Å². The molecule has 0 bridgehead atoms. The van der Waals surface area contributed by atoms with Gasteiger partial charge in [-0.1, -0.05) is 0 Å². The van der Waals surface area contributed by atoms with Crippen LogP contribution in [0.2, 0.25) is 0 Å². The van der Waals surface area contributed by atoms with Crippen molar-refractivity contribution in [3.63, 3.8) is 0 Å². The summed E-state index contributed by atoms with van der Waals surface area (Å²) in [5.41, 5.74) is -0.627. The zero-order chi connectivity index (χ0) is 17.2. The lowest BCUT2D eigenvalue weighted by Gasteiger charge is -2.27. The van der Waals surface area contributed by atoms with Crippen molar-refractivity contribution in [3.05, 3.63) is 29.6 Å². The van der Waals surface area contributed by atoms with Crippen molar-refractivity contribution in [2.45, 2.75) is 45.3 Å². The van der Waals surface area contributed by atoms with Gasteiger partial charge in [0.1, 0.15) is 17.3 Å². The van der Waals surface area contributed by atoms with Crippen LogP contribution in [0.5, 0.6) is 0 Å². The molecule has 1 amide bonds. The molecule has 0 radical (unpaired) electrons. The topological polar surface area (TPSA) is 96.8 Å². The van der Waals surface area contributed by atoms with E-state index in [1.165, 1.54) is 23.2 Å². The SMILES string of the molecule is CC(C)(C)OC(=O)C1CCCN1C(=O)c1ccnc(C(=O)O)c1. The summed E-state index contributed by atoms with van der Waals surface area (Å²) in [4.78, 5) is 41.0. The number of aromatic nitrogens is 1. The molecule has 1 aliphatic heterocycles. The zero-order valence-electron chi connectivity index (χ0n) is 13.4. The van der Waals surface area contributed by atoms with E-state index in [-0.39, 0.29) is 17.2 Å². The summed E-state index contributed by atoms with van der Waals surface area (Å²) in [6, 6.07) is 2.03. The Kier molecular flexibility index (Phi) is 4.68. The number of ether oxygens (including phenoxy) is 1. The minimum absolute atomic E-state index is 0.202. The van der Waals surface area contributed by atoms with Crippen LogP contribution in [0.3, 0.4) is 0 Å². The molecule has 1 N–H and O–H groups in total. The van der Waals surface area contributed by atoms with Crippen LogP contribution in [-0.2, 0) is 9.53 Å².